The molecule has 4 nitrogen and oxygen atoms in total. The maximum atomic E-state index is 5.79. The molecule has 0 amide bonds. The Morgan fingerprint density at radius 2 is 2.10 bits per heavy atom. The van der Waals surface area contributed by atoms with Crippen LogP contribution in [-0.2, 0) is 6.61 Å². The summed E-state index contributed by atoms with van der Waals surface area (Å²) in [6, 6.07) is 9.56. The molecule has 108 valence electrons. The largest absolute Gasteiger partial charge is 0.486 e. The van der Waals surface area contributed by atoms with Gasteiger partial charge in [0.15, 0.2) is 5.76 Å². The summed E-state index contributed by atoms with van der Waals surface area (Å²) in [7, 11) is 0. The fraction of sp³-hybridized carbons (Fsp3) is 0.188. The SMILES string of the molecule is Cc1ccc(OCc2nc(-c3ccco3)oc2C)c(Br)c1. The van der Waals surface area contributed by atoms with Crippen LogP contribution >= 0.6 is 15.9 Å². The summed E-state index contributed by atoms with van der Waals surface area (Å²) < 4.78 is 17.6. The van der Waals surface area contributed by atoms with E-state index in [0.29, 0.717) is 18.3 Å². The zero-order valence-electron chi connectivity index (χ0n) is 11.7. The molecule has 0 fully saturated rings. The molecule has 0 saturated carbocycles. The monoisotopic (exact) mass is 347 g/mol. The number of aromatic nitrogens is 1. The molecule has 5 heteroatoms. The fourth-order valence-electron chi connectivity index (χ4n) is 1.94. The minimum atomic E-state index is 0.345. The van der Waals surface area contributed by atoms with Crippen molar-refractivity contribution in [2.75, 3.05) is 0 Å². The quantitative estimate of drug-likeness (QED) is 0.673. The van der Waals surface area contributed by atoms with Gasteiger partial charge in [-0.2, -0.15) is 0 Å². The Kier molecular flexibility index (Phi) is 3.84. The van der Waals surface area contributed by atoms with Gasteiger partial charge in [-0.05, 0) is 59.6 Å². The number of furan rings is 1. The second kappa shape index (κ2) is 5.77. The third-order valence-corrected chi connectivity index (χ3v) is 3.70. The number of hydrogen-bond acceptors (Lipinski definition) is 4. The number of oxazole rings is 1. The van der Waals surface area contributed by atoms with Crippen molar-refractivity contribution >= 4 is 15.9 Å². The van der Waals surface area contributed by atoms with Crippen LogP contribution in [0.25, 0.3) is 11.7 Å². The van der Waals surface area contributed by atoms with E-state index in [9.17, 15) is 0 Å². The lowest BCUT2D eigenvalue weighted by Crippen LogP contribution is -1.98. The Balaban J connectivity index is 1.76. The number of benzene rings is 1. The van der Waals surface area contributed by atoms with E-state index in [0.717, 1.165) is 21.7 Å². The smallest absolute Gasteiger partial charge is 0.263 e. The van der Waals surface area contributed by atoms with E-state index in [1.807, 2.05) is 38.1 Å². The molecule has 2 aromatic heterocycles. The third-order valence-electron chi connectivity index (χ3n) is 3.08. The van der Waals surface area contributed by atoms with Crippen molar-refractivity contribution in [3.8, 4) is 17.4 Å². The van der Waals surface area contributed by atoms with Gasteiger partial charge in [0.1, 0.15) is 23.8 Å². The second-order valence-electron chi connectivity index (χ2n) is 4.72. The number of nitrogens with zero attached hydrogens (tertiary/aromatic N) is 1. The average Bonchev–Trinajstić information content (AvgIpc) is 3.07. The van der Waals surface area contributed by atoms with Crippen LogP contribution in [0.1, 0.15) is 17.0 Å². The highest BCUT2D eigenvalue weighted by molar-refractivity contribution is 9.10. The van der Waals surface area contributed by atoms with Crippen molar-refractivity contribution in [2.24, 2.45) is 0 Å². The van der Waals surface area contributed by atoms with Crippen LogP contribution in [0.2, 0.25) is 0 Å². The van der Waals surface area contributed by atoms with Gasteiger partial charge in [0.05, 0.1) is 10.7 Å². The van der Waals surface area contributed by atoms with Crippen molar-refractivity contribution in [1.29, 1.82) is 0 Å². The van der Waals surface area contributed by atoms with Crippen LogP contribution in [0.15, 0.2) is 49.9 Å². The highest BCUT2D eigenvalue weighted by atomic mass is 79.9. The molecule has 0 aliphatic carbocycles. The van der Waals surface area contributed by atoms with Gasteiger partial charge in [-0.25, -0.2) is 4.98 Å². The molecule has 1 aromatic carbocycles. The zero-order valence-corrected chi connectivity index (χ0v) is 13.3. The molecule has 0 spiro atoms. The Bertz CT molecular complexity index is 747. The Morgan fingerprint density at radius 1 is 1.24 bits per heavy atom. The molecule has 0 radical (unpaired) electrons. The number of ether oxygens (including phenoxy) is 1. The van der Waals surface area contributed by atoms with Crippen molar-refractivity contribution in [3.05, 3.63) is 58.1 Å². The summed E-state index contributed by atoms with van der Waals surface area (Å²) >= 11 is 3.49. The van der Waals surface area contributed by atoms with Gasteiger partial charge in [-0.3, -0.25) is 0 Å². The maximum Gasteiger partial charge on any atom is 0.263 e. The van der Waals surface area contributed by atoms with Gasteiger partial charge in [0.2, 0.25) is 0 Å². The van der Waals surface area contributed by atoms with Crippen molar-refractivity contribution in [3.63, 3.8) is 0 Å². The van der Waals surface area contributed by atoms with Crippen LogP contribution in [0.4, 0.5) is 0 Å². The van der Waals surface area contributed by atoms with Gasteiger partial charge in [-0.15, -0.1) is 0 Å². The first-order chi connectivity index (χ1) is 10.1. The van der Waals surface area contributed by atoms with Gasteiger partial charge < -0.3 is 13.6 Å². The first-order valence-corrected chi connectivity index (χ1v) is 7.32. The van der Waals surface area contributed by atoms with Crippen LogP contribution in [0.3, 0.4) is 0 Å². The van der Waals surface area contributed by atoms with E-state index in [4.69, 9.17) is 13.6 Å². The van der Waals surface area contributed by atoms with Gasteiger partial charge >= 0.3 is 0 Å². The van der Waals surface area contributed by atoms with Gasteiger partial charge in [-0.1, -0.05) is 6.07 Å². The molecule has 0 aliphatic heterocycles. The van der Waals surface area contributed by atoms with E-state index in [1.165, 1.54) is 5.56 Å². The predicted octanol–water partition coefficient (Wildman–Crippen LogP) is 4.89. The summed E-state index contributed by atoms with van der Waals surface area (Å²) in [5.74, 6) is 2.59. The second-order valence-corrected chi connectivity index (χ2v) is 5.58. The van der Waals surface area contributed by atoms with Crippen molar-refractivity contribution in [1.82, 2.24) is 4.98 Å². The molecule has 21 heavy (non-hydrogen) atoms. The van der Waals surface area contributed by atoms with Crippen LogP contribution in [-0.4, -0.2) is 4.98 Å². The van der Waals surface area contributed by atoms with Crippen LogP contribution in [0.5, 0.6) is 5.75 Å². The molecule has 0 saturated heterocycles. The highest BCUT2D eigenvalue weighted by Gasteiger charge is 2.14. The molecule has 3 aromatic rings. The first kappa shape index (κ1) is 13.9. The summed E-state index contributed by atoms with van der Waals surface area (Å²) in [5.41, 5.74) is 1.93. The minimum absolute atomic E-state index is 0.345. The average molecular weight is 348 g/mol. The van der Waals surface area contributed by atoms with Crippen molar-refractivity contribution < 1.29 is 13.6 Å². The molecule has 0 bridgehead atoms. The lowest BCUT2D eigenvalue weighted by molar-refractivity contribution is 0.297. The Labute approximate surface area is 130 Å². The molecule has 0 unspecified atom stereocenters. The van der Waals surface area contributed by atoms with Crippen LogP contribution in [0, 0.1) is 13.8 Å². The zero-order chi connectivity index (χ0) is 14.8. The molecule has 2 heterocycles. The lowest BCUT2D eigenvalue weighted by atomic mass is 10.2. The normalized spacial score (nSPS) is 10.8. The number of hydrogen-bond donors (Lipinski definition) is 0. The molecule has 0 atom stereocenters. The summed E-state index contributed by atoms with van der Waals surface area (Å²) in [6.07, 6.45) is 1.59. The van der Waals surface area contributed by atoms with E-state index >= 15 is 0 Å². The lowest BCUT2D eigenvalue weighted by Gasteiger charge is -2.07. The molecule has 0 aliphatic rings. The topological polar surface area (TPSA) is 48.4 Å². The third kappa shape index (κ3) is 3.03. The van der Waals surface area contributed by atoms with Crippen LogP contribution < -0.4 is 4.74 Å². The number of aryl methyl sites for hydroxylation is 2. The minimum Gasteiger partial charge on any atom is -0.486 e. The molecular weight excluding hydrogens is 334 g/mol. The maximum absolute atomic E-state index is 5.79. The molecule has 0 N–H and O–H groups in total. The predicted molar refractivity (Wildman–Crippen MR) is 82.2 cm³/mol. The van der Waals surface area contributed by atoms with E-state index < -0.39 is 0 Å². The first-order valence-electron chi connectivity index (χ1n) is 6.52. The van der Waals surface area contributed by atoms with Gasteiger partial charge in [0.25, 0.3) is 5.89 Å². The van der Waals surface area contributed by atoms with E-state index in [1.54, 1.807) is 12.3 Å². The fourth-order valence-corrected chi connectivity index (χ4v) is 2.54. The van der Waals surface area contributed by atoms with Crippen molar-refractivity contribution in [2.45, 2.75) is 20.5 Å². The standard InChI is InChI=1S/C16H14BrNO3/c1-10-5-6-14(12(17)8-10)20-9-13-11(2)21-16(18-13)15-4-3-7-19-15/h3-8H,9H2,1-2H3. The Morgan fingerprint density at radius 3 is 2.81 bits per heavy atom. The molecule has 3 rings (SSSR count). The summed E-state index contributed by atoms with van der Waals surface area (Å²) in [4.78, 5) is 4.41. The summed E-state index contributed by atoms with van der Waals surface area (Å²) in [6.45, 7) is 4.24. The summed E-state index contributed by atoms with van der Waals surface area (Å²) in [5, 5.41) is 0. The van der Waals surface area contributed by atoms with Gasteiger partial charge in [0, 0.05) is 0 Å². The van der Waals surface area contributed by atoms with E-state index in [2.05, 4.69) is 20.9 Å². The molecular formula is C16H14BrNO3. The number of halogens is 1. The highest BCUT2D eigenvalue weighted by Crippen LogP contribution is 2.28. The number of rotatable bonds is 4. The Hall–Kier alpha value is -2.01. The van der Waals surface area contributed by atoms with E-state index in [-0.39, 0.29) is 0 Å².